The molecular weight excluding hydrogens is 500 g/mol. The molecule has 0 spiro atoms. The van der Waals surface area contributed by atoms with Gasteiger partial charge in [0.15, 0.2) is 11.5 Å². The molecule has 9 heteroatoms. The van der Waals surface area contributed by atoms with Crippen LogP contribution in [0.1, 0.15) is 34.3 Å². The SMILES string of the molecule is N#Cc1ccc(C(=O)NC2CCN(Cc3ccc(-n4c(-c5cccnc5N)nc5cccnc54)cc3)CC2)cc1. The normalized spacial score (nSPS) is 14.2. The zero-order chi connectivity index (χ0) is 27.5. The van der Waals surface area contributed by atoms with Gasteiger partial charge in [0.2, 0.25) is 0 Å². The number of nitriles is 1. The Morgan fingerprint density at radius 2 is 1.70 bits per heavy atom. The average Bonchev–Trinajstić information content (AvgIpc) is 3.38. The number of benzene rings is 2. The number of amides is 1. The molecule has 198 valence electrons. The quantitative estimate of drug-likeness (QED) is 0.336. The molecule has 0 radical (unpaired) electrons. The van der Waals surface area contributed by atoms with Gasteiger partial charge in [0.25, 0.3) is 5.91 Å². The third kappa shape index (κ3) is 5.13. The number of nitrogens with one attached hydrogen (secondary N) is 1. The number of imidazole rings is 1. The number of anilines is 1. The molecule has 2 aromatic carbocycles. The summed E-state index contributed by atoms with van der Waals surface area (Å²) in [4.78, 5) is 28.7. The number of fused-ring (bicyclic) bond motifs is 1. The van der Waals surface area contributed by atoms with Gasteiger partial charge in [0.05, 0.1) is 17.2 Å². The number of rotatable bonds is 6. The molecule has 1 fully saturated rings. The summed E-state index contributed by atoms with van der Waals surface area (Å²) < 4.78 is 2.02. The lowest BCUT2D eigenvalue weighted by Gasteiger charge is -2.32. The number of nitrogens with two attached hydrogens (primary N) is 1. The van der Waals surface area contributed by atoms with Crippen LogP contribution in [-0.2, 0) is 6.54 Å². The van der Waals surface area contributed by atoms with E-state index in [1.807, 2.05) is 28.8 Å². The van der Waals surface area contributed by atoms with Crippen LogP contribution in [0.3, 0.4) is 0 Å². The van der Waals surface area contributed by atoms with Crippen LogP contribution >= 0.6 is 0 Å². The molecule has 4 heterocycles. The molecule has 1 saturated heterocycles. The minimum atomic E-state index is -0.0903. The van der Waals surface area contributed by atoms with Crippen molar-refractivity contribution in [3.63, 3.8) is 0 Å². The molecular formula is C31H28N8O. The second-order valence-corrected chi connectivity index (χ2v) is 9.93. The van der Waals surface area contributed by atoms with Crippen molar-refractivity contribution in [2.75, 3.05) is 18.8 Å². The fourth-order valence-electron chi connectivity index (χ4n) is 5.15. The Labute approximate surface area is 231 Å². The summed E-state index contributed by atoms with van der Waals surface area (Å²) in [6.07, 6.45) is 5.22. The Morgan fingerprint density at radius 1 is 0.975 bits per heavy atom. The van der Waals surface area contributed by atoms with E-state index in [-0.39, 0.29) is 11.9 Å². The Balaban J connectivity index is 1.12. The van der Waals surface area contributed by atoms with E-state index in [0.717, 1.165) is 54.9 Å². The van der Waals surface area contributed by atoms with Crippen molar-refractivity contribution in [1.82, 2.24) is 29.7 Å². The molecule has 0 bridgehead atoms. The summed E-state index contributed by atoms with van der Waals surface area (Å²) in [6.45, 7) is 2.64. The topological polar surface area (TPSA) is 126 Å². The number of carbonyl (C=O) groups excluding carboxylic acids is 1. The second kappa shape index (κ2) is 11.0. The number of carbonyl (C=O) groups is 1. The summed E-state index contributed by atoms with van der Waals surface area (Å²) in [5.41, 5.74) is 11.8. The van der Waals surface area contributed by atoms with Crippen LogP contribution in [0.5, 0.6) is 0 Å². The zero-order valence-electron chi connectivity index (χ0n) is 21.9. The first-order chi connectivity index (χ1) is 19.6. The van der Waals surface area contributed by atoms with Crippen molar-refractivity contribution >= 4 is 22.9 Å². The van der Waals surface area contributed by atoms with Gasteiger partial charge in [-0.25, -0.2) is 15.0 Å². The van der Waals surface area contributed by atoms with Crippen LogP contribution in [0.2, 0.25) is 0 Å². The maximum Gasteiger partial charge on any atom is 0.251 e. The summed E-state index contributed by atoms with van der Waals surface area (Å²) in [5.74, 6) is 1.04. The van der Waals surface area contributed by atoms with E-state index >= 15 is 0 Å². The smallest absolute Gasteiger partial charge is 0.251 e. The third-order valence-electron chi connectivity index (χ3n) is 7.30. The standard InChI is InChI=1S/C31H28N8O/c32-19-21-5-9-23(10-6-21)31(40)36-24-13-17-38(18-14-24)20-22-7-11-25(12-8-22)39-29(26-3-1-15-34-28(26)33)37-27-4-2-16-35-30(27)39/h1-12,15-16,24H,13-14,17-18,20H2,(H2,33,34)(H,36,40). The molecule has 6 rings (SSSR count). The number of piperidine rings is 1. The summed E-state index contributed by atoms with van der Waals surface area (Å²) in [7, 11) is 0. The Morgan fingerprint density at radius 3 is 2.42 bits per heavy atom. The first-order valence-corrected chi connectivity index (χ1v) is 13.3. The number of hydrogen-bond acceptors (Lipinski definition) is 7. The van der Waals surface area contributed by atoms with E-state index in [9.17, 15) is 4.79 Å². The lowest BCUT2D eigenvalue weighted by molar-refractivity contribution is 0.0909. The highest BCUT2D eigenvalue weighted by Crippen LogP contribution is 2.30. The van der Waals surface area contributed by atoms with Crippen LogP contribution in [0, 0.1) is 11.3 Å². The van der Waals surface area contributed by atoms with E-state index in [4.69, 9.17) is 16.0 Å². The van der Waals surface area contributed by atoms with Crippen LogP contribution < -0.4 is 11.1 Å². The van der Waals surface area contributed by atoms with Gasteiger partial charge in [0, 0.05) is 49.3 Å². The molecule has 0 saturated carbocycles. The zero-order valence-corrected chi connectivity index (χ0v) is 21.9. The molecule has 0 unspecified atom stereocenters. The lowest BCUT2D eigenvalue weighted by atomic mass is 10.0. The number of hydrogen-bond donors (Lipinski definition) is 2. The number of nitrogen functional groups attached to an aromatic ring is 1. The molecule has 1 aliphatic rings. The largest absolute Gasteiger partial charge is 0.383 e. The summed E-state index contributed by atoms with van der Waals surface area (Å²) in [5, 5.41) is 12.1. The maximum absolute atomic E-state index is 12.6. The third-order valence-corrected chi connectivity index (χ3v) is 7.30. The fourth-order valence-corrected chi connectivity index (χ4v) is 5.15. The number of nitrogens with zero attached hydrogens (tertiary/aromatic N) is 6. The van der Waals surface area contributed by atoms with Crippen molar-refractivity contribution in [1.29, 1.82) is 5.26 Å². The molecule has 9 nitrogen and oxygen atoms in total. The van der Waals surface area contributed by atoms with Gasteiger partial charge < -0.3 is 11.1 Å². The average molecular weight is 529 g/mol. The first-order valence-electron chi connectivity index (χ1n) is 13.3. The lowest BCUT2D eigenvalue weighted by Crippen LogP contribution is -2.44. The fraction of sp³-hybridized carbons (Fsp3) is 0.194. The van der Waals surface area contributed by atoms with Gasteiger partial charge in [-0.15, -0.1) is 0 Å². The van der Waals surface area contributed by atoms with Crippen LogP contribution in [-0.4, -0.2) is 49.5 Å². The predicted octanol–water partition coefficient (Wildman–Crippen LogP) is 4.33. The highest BCUT2D eigenvalue weighted by molar-refractivity contribution is 5.94. The highest BCUT2D eigenvalue weighted by atomic mass is 16.1. The Bertz CT molecular complexity index is 1690. The van der Waals surface area contributed by atoms with Gasteiger partial charge in [-0.3, -0.25) is 14.3 Å². The van der Waals surface area contributed by atoms with E-state index in [0.29, 0.717) is 22.8 Å². The van der Waals surface area contributed by atoms with Crippen LogP contribution in [0.25, 0.3) is 28.2 Å². The summed E-state index contributed by atoms with van der Waals surface area (Å²) >= 11 is 0. The van der Waals surface area contributed by atoms with Gasteiger partial charge in [0.1, 0.15) is 11.3 Å². The second-order valence-electron chi connectivity index (χ2n) is 9.93. The Kier molecular flexibility index (Phi) is 6.91. The van der Waals surface area contributed by atoms with Crippen molar-refractivity contribution in [3.05, 3.63) is 102 Å². The Hall–Kier alpha value is -5.07. The van der Waals surface area contributed by atoms with Crippen molar-refractivity contribution in [2.45, 2.75) is 25.4 Å². The van der Waals surface area contributed by atoms with Crippen molar-refractivity contribution in [2.24, 2.45) is 0 Å². The van der Waals surface area contributed by atoms with Gasteiger partial charge in [-0.2, -0.15) is 5.26 Å². The molecule has 3 N–H and O–H groups in total. The first kappa shape index (κ1) is 25.2. The highest BCUT2D eigenvalue weighted by Gasteiger charge is 2.22. The van der Waals surface area contributed by atoms with Gasteiger partial charge >= 0.3 is 0 Å². The molecule has 1 amide bonds. The van der Waals surface area contributed by atoms with Gasteiger partial charge in [-0.1, -0.05) is 12.1 Å². The monoisotopic (exact) mass is 528 g/mol. The van der Waals surface area contributed by atoms with Crippen LogP contribution in [0.4, 0.5) is 5.82 Å². The molecule has 5 aromatic rings. The molecule has 0 atom stereocenters. The van der Waals surface area contributed by atoms with Crippen molar-refractivity contribution in [3.8, 4) is 23.1 Å². The number of aromatic nitrogens is 4. The molecule has 0 aliphatic carbocycles. The van der Waals surface area contributed by atoms with Crippen LogP contribution in [0.15, 0.2) is 85.2 Å². The van der Waals surface area contributed by atoms with E-state index in [1.165, 1.54) is 5.56 Å². The number of likely N-dealkylation sites (tertiary alicyclic amines) is 1. The molecule has 3 aromatic heterocycles. The van der Waals surface area contributed by atoms with E-state index < -0.39 is 0 Å². The minimum absolute atomic E-state index is 0.0903. The minimum Gasteiger partial charge on any atom is -0.383 e. The maximum atomic E-state index is 12.6. The summed E-state index contributed by atoms with van der Waals surface area (Å²) in [6, 6.07) is 25.0. The predicted molar refractivity (Wildman–Crippen MR) is 153 cm³/mol. The van der Waals surface area contributed by atoms with E-state index in [1.54, 1.807) is 36.7 Å². The van der Waals surface area contributed by atoms with E-state index in [2.05, 4.69) is 50.5 Å². The molecule has 40 heavy (non-hydrogen) atoms. The van der Waals surface area contributed by atoms with Crippen molar-refractivity contribution < 1.29 is 4.79 Å². The number of pyridine rings is 2. The van der Waals surface area contributed by atoms with Gasteiger partial charge in [-0.05, 0) is 79.1 Å². The molecule has 1 aliphatic heterocycles.